The first-order valence-corrected chi connectivity index (χ1v) is 11.6. The van der Waals surface area contributed by atoms with E-state index in [2.05, 4.69) is 27.3 Å². The Morgan fingerprint density at radius 2 is 1.84 bits per heavy atom. The molecule has 0 atom stereocenters. The van der Waals surface area contributed by atoms with Crippen LogP contribution in [0.4, 0.5) is 0 Å². The molecule has 0 fully saturated rings. The van der Waals surface area contributed by atoms with Gasteiger partial charge in [-0.25, -0.2) is 0 Å². The van der Waals surface area contributed by atoms with Crippen LogP contribution in [-0.2, 0) is 12.3 Å². The lowest BCUT2D eigenvalue weighted by molar-refractivity contribution is 0.528. The molecule has 5 rings (SSSR count). The Morgan fingerprint density at radius 3 is 2.66 bits per heavy atom. The molecule has 0 aliphatic heterocycles. The van der Waals surface area contributed by atoms with Crippen LogP contribution < -0.4 is 5.56 Å². The van der Waals surface area contributed by atoms with E-state index in [1.165, 1.54) is 11.8 Å². The minimum absolute atomic E-state index is 0.0463. The second-order valence-electron chi connectivity index (χ2n) is 7.24. The van der Waals surface area contributed by atoms with Crippen molar-refractivity contribution in [3.05, 3.63) is 69.8 Å². The summed E-state index contributed by atoms with van der Waals surface area (Å²) in [6.45, 7) is 2.69. The molecular weight excluding hydrogens is 448 g/mol. The maximum absolute atomic E-state index is 13.0. The van der Waals surface area contributed by atoms with Crippen molar-refractivity contribution in [1.29, 1.82) is 0 Å². The standard InChI is InChI=1S/C22H19ClN6O2S/c1-2-3-12-28-20(30)16-6-4-5-7-17(16)29-21(28)26-27-22(29)32-13-18-24-25-19(31-18)14-8-10-15(23)11-9-14/h4-11H,2-3,12-13H2,1H3. The zero-order valence-electron chi connectivity index (χ0n) is 17.2. The topological polar surface area (TPSA) is 91.1 Å². The maximum atomic E-state index is 13.0. The first-order valence-electron chi connectivity index (χ1n) is 10.2. The molecule has 2 aromatic carbocycles. The van der Waals surface area contributed by atoms with Gasteiger partial charge in [0, 0.05) is 17.1 Å². The number of unbranched alkanes of at least 4 members (excludes halogenated alkanes) is 1. The van der Waals surface area contributed by atoms with Gasteiger partial charge in [-0.15, -0.1) is 20.4 Å². The number of nitrogens with zero attached hydrogens (tertiary/aromatic N) is 6. The number of hydrogen-bond donors (Lipinski definition) is 0. The molecule has 0 amide bonds. The van der Waals surface area contributed by atoms with Crippen LogP contribution in [0.1, 0.15) is 25.7 Å². The normalized spacial score (nSPS) is 11.6. The molecule has 0 aliphatic carbocycles. The van der Waals surface area contributed by atoms with Crippen LogP contribution in [-0.4, -0.2) is 29.4 Å². The Morgan fingerprint density at radius 1 is 1.03 bits per heavy atom. The molecule has 8 nitrogen and oxygen atoms in total. The molecule has 0 bridgehead atoms. The highest BCUT2D eigenvalue weighted by Gasteiger charge is 2.17. The second kappa shape index (κ2) is 8.76. The predicted octanol–water partition coefficient (Wildman–Crippen LogP) is 4.84. The molecule has 3 heterocycles. The molecule has 32 heavy (non-hydrogen) atoms. The Kier molecular flexibility index (Phi) is 5.67. The molecule has 0 spiro atoms. The van der Waals surface area contributed by atoms with Crippen molar-refractivity contribution in [3.8, 4) is 11.5 Å². The Labute approximate surface area is 192 Å². The molecule has 0 N–H and O–H groups in total. The van der Waals surface area contributed by atoms with Crippen molar-refractivity contribution in [3.63, 3.8) is 0 Å². The van der Waals surface area contributed by atoms with Gasteiger partial charge in [-0.05, 0) is 42.8 Å². The van der Waals surface area contributed by atoms with Crippen molar-refractivity contribution in [1.82, 2.24) is 29.4 Å². The lowest BCUT2D eigenvalue weighted by Gasteiger charge is -2.10. The van der Waals surface area contributed by atoms with Gasteiger partial charge in [0.15, 0.2) is 5.16 Å². The van der Waals surface area contributed by atoms with Gasteiger partial charge >= 0.3 is 0 Å². The van der Waals surface area contributed by atoms with Gasteiger partial charge in [0.1, 0.15) is 0 Å². The fourth-order valence-corrected chi connectivity index (χ4v) is 4.40. The number of aromatic nitrogens is 6. The number of aryl methyl sites for hydroxylation is 1. The molecule has 10 heteroatoms. The van der Waals surface area contributed by atoms with E-state index in [0.29, 0.717) is 45.4 Å². The van der Waals surface area contributed by atoms with Crippen LogP contribution in [0, 0.1) is 0 Å². The van der Waals surface area contributed by atoms with Gasteiger partial charge in [0.05, 0.1) is 16.7 Å². The van der Waals surface area contributed by atoms with E-state index in [4.69, 9.17) is 16.0 Å². The quantitative estimate of drug-likeness (QED) is 0.317. The highest BCUT2D eigenvalue weighted by Crippen LogP contribution is 2.26. The summed E-state index contributed by atoms with van der Waals surface area (Å²) >= 11 is 7.37. The zero-order valence-corrected chi connectivity index (χ0v) is 18.8. The van der Waals surface area contributed by atoms with Gasteiger partial charge in [0.2, 0.25) is 17.6 Å². The van der Waals surface area contributed by atoms with E-state index in [1.807, 2.05) is 40.8 Å². The summed E-state index contributed by atoms with van der Waals surface area (Å²) in [7, 11) is 0. The summed E-state index contributed by atoms with van der Waals surface area (Å²) in [6.07, 6.45) is 1.87. The Bertz CT molecular complexity index is 1460. The van der Waals surface area contributed by atoms with Crippen molar-refractivity contribution in [2.24, 2.45) is 0 Å². The third-order valence-corrected chi connectivity index (χ3v) is 6.26. The molecular formula is C22H19ClN6O2S. The van der Waals surface area contributed by atoms with E-state index in [-0.39, 0.29) is 5.56 Å². The van der Waals surface area contributed by atoms with Crippen molar-refractivity contribution in [2.75, 3.05) is 0 Å². The van der Waals surface area contributed by atoms with Crippen molar-refractivity contribution < 1.29 is 4.42 Å². The number of fused-ring (bicyclic) bond motifs is 3. The summed E-state index contributed by atoms with van der Waals surface area (Å²) < 4.78 is 9.43. The SMILES string of the molecule is CCCCn1c(=O)c2ccccc2n2c(SCc3nnc(-c4ccc(Cl)cc4)o3)nnc12. The number of rotatable bonds is 7. The fourth-order valence-electron chi connectivity index (χ4n) is 3.49. The molecule has 162 valence electrons. The molecule has 5 aromatic rings. The summed E-state index contributed by atoms with van der Waals surface area (Å²) in [6, 6.07) is 14.7. The molecule has 0 unspecified atom stereocenters. The number of para-hydroxylation sites is 1. The number of hydrogen-bond acceptors (Lipinski definition) is 7. The highest BCUT2D eigenvalue weighted by molar-refractivity contribution is 7.98. The Balaban J connectivity index is 1.48. The Hall–Kier alpha value is -3.17. The first-order chi connectivity index (χ1) is 15.7. The summed E-state index contributed by atoms with van der Waals surface area (Å²) in [5.74, 6) is 1.86. The third kappa shape index (κ3) is 3.78. The predicted molar refractivity (Wildman–Crippen MR) is 124 cm³/mol. The van der Waals surface area contributed by atoms with Crippen LogP contribution in [0.15, 0.2) is 62.9 Å². The van der Waals surface area contributed by atoms with Gasteiger partial charge in [0.25, 0.3) is 5.56 Å². The minimum Gasteiger partial charge on any atom is -0.420 e. The largest absolute Gasteiger partial charge is 0.420 e. The second-order valence-corrected chi connectivity index (χ2v) is 8.62. The van der Waals surface area contributed by atoms with Gasteiger partial charge < -0.3 is 4.42 Å². The summed E-state index contributed by atoms with van der Waals surface area (Å²) in [4.78, 5) is 13.0. The minimum atomic E-state index is -0.0463. The molecule has 0 saturated carbocycles. The molecule has 0 aliphatic rings. The lowest BCUT2D eigenvalue weighted by atomic mass is 10.2. The average Bonchev–Trinajstić information content (AvgIpc) is 3.46. The summed E-state index contributed by atoms with van der Waals surface area (Å²) in [5, 5.41) is 18.9. The van der Waals surface area contributed by atoms with Crippen LogP contribution in [0.3, 0.4) is 0 Å². The fraction of sp³-hybridized carbons (Fsp3) is 0.227. The van der Waals surface area contributed by atoms with E-state index in [0.717, 1.165) is 23.9 Å². The van der Waals surface area contributed by atoms with Crippen LogP contribution in [0.5, 0.6) is 0 Å². The van der Waals surface area contributed by atoms with E-state index in [1.54, 1.807) is 16.7 Å². The van der Waals surface area contributed by atoms with Crippen LogP contribution in [0.25, 0.3) is 28.1 Å². The average molecular weight is 467 g/mol. The number of benzene rings is 2. The van der Waals surface area contributed by atoms with Gasteiger partial charge in [-0.1, -0.05) is 48.8 Å². The maximum Gasteiger partial charge on any atom is 0.262 e. The van der Waals surface area contributed by atoms with Crippen LogP contribution in [0.2, 0.25) is 5.02 Å². The smallest absolute Gasteiger partial charge is 0.262 e. The van der Waals surface area contributed by atoms with E-state index < -0.39 is 0 Å². The van der Waals surface area contributed by atoms with Gasteiger partial charge in [-0.2, -0.15) is 0 Å². The van der Waals surface area contributed by atoms with Crippen molar-refractivity contribution >= 4 is 40.0 Å². The third-order valence-electron chi connectivity index (χ3n) is 5.10. The molecule has 0 radical (unpaired) electrons. The van der Waals surface area contributed by atoms with Crippen molar-refractivity contribution in [2.45, 2.75) is 37.2 Å². The van der Waals surface area contributed by atoms with Gasteiger partial charge in [-0.3, -0.25) is 13.8 Å². The van der Waals surface area contributed by atoms with Crippen LogP contribution >= 0.6 is 23.4 Å². The highest BCUT2D eigenvalue weighted by atomic mass is 35.5. The number of halogens is 1. The first kappa shape index (κ1) is 20.7. The monoisotopic (exact) mass is 466 g/mol. The lowest BCUT2D eigenvalue weighted by Crippen LogP contribution is -2.23. The molecule has 0 saturated heterocycles. The van der Waals surface area contributed by atoms with E-state index >= 15 is 0 Å². The van der Waals surface area contributed by atoms with E-state index in [9.17, 15) is 4.79 Å². The number of thioether (sulfide) groups is 1. The molecule has 3 aromatic heterocycles. The zero-order chi connectivity index (χ0) is 22.1. The summed E-state index contributed by atoms with van der Waals surface area (Å²) in [5.41, 5.74) is 1.53.